The average Bonchev–Trinajstić information content (AvgIpc) is 1.69. The summed E-state index contributed by atoms with van der Waals surface area (Å²) < 4.78 is 104. The standard InChI is InChI=1S/2C36H38F3N3O4/c2*1-24-31(34(43)16-13-28-4-2-3-21-45-28)14-15-33-32(24)23-42(40-33)22-25-17-19-41(20-18-25)35(44)26-5-9-29(10-6-26)46-30-11-7-27(8-12-30)36(37,38)39/h2*5-12,14-15,23,25,28H,2-4,13,16-22H2,1H3/t28-;/m0./s1. The van der Waals surface area contributed by atoms with E-state index in [1.807, 2.05) is 69.7 Å². The third kappa shape index (κ3) is 16.5. The van der Waals surface area contributed by atoms with Crippen molar-refractivity contribution in [3.63, 3.8) is 0 Å². The maximum atomic E-state index is 13.2. The lowest BCUT2D eigenvalue weighted by Gasteiger charge is -2.32. The summed E-state index contributed by atoms with van der Waals surface area (Å²) in [6, 6.07) is 29.9. The summed E-state index contributed by atoms with van der Waals surface area (Å²) in [4.78, 5) is 56.1. The van der Waals surface area contributed by atoms with Gasteiger partial charge in [-0.25, -0.2) is 0 Å². The van der Waals surface area contributed by atoms with Crippen molar-refractivity contribution in [3.8, 4) is 23.0 Å². The Kier molecular flexibility index (Phi) is 20.6. The second kappa shape index (κ2) is 29.1. The van der Waals surface area contributed by atoms with Gasteiger partial charge in [-0.3, -0.25) is 28.5 Å². The number of carbonyl (C=O) groups is 4. The van der Waals surface area contributed by atoms with Crippen molar-refractivity contribution in [2.75, 3.05) is 39.4 Å². The van der Waals surface area contributed by atoms with Crippen molar-refractivity contribution in [1.29, 1.82) is 0 Å². The molecule has 2 atom stereocenters. The lowest BCUT2D eigenvalue weighted by molar-refractivity contribution is -0.138. The van der Waals surface area contributed by atoms with E-state index in [0.29, 0.717) is 73.5 Å². The number of ether oxygens (including phenoxy) is 4. The molecule has 4 aliphatic rings. The molecular weight excluding hydrogens is 1190 g/mol. The number of alkyl halides is 6. The van der Waals surface area contributed by atoms with E-state index in [-0.39, 0.29) is 47.1 Å². The highest BCUT2D eigenvalue weighted by atomic mass is 19.4. The zero-order valence-electron chi connectivity index (χ0n) is 51.8. The van der Waals surface area contributed by atoms with Crippen LogP contribution in [0.4, 0.5) is 26.3 Å². The number of fused-ring (bicyclic) bond motifs is 2. The van der Waals surface area contributed by atoms with Crippen molar-refractivity contribution in [3.05, 3.63) is 178 Å². The highest BCUT2D eigenvalue weighted by molar-refractivity contribution is 6.03. The maximum absolute atomic E-state index is 13.2. The smallest absolute Gasteiger partial charge is 0.416 e. The molecule has 1 unspecified atom stereocenters. The second-order valence-corrected chi connectivity index (χ2v) is 24.7. The molecule has 20 heteroatoms. The van der Waals surface area contributed by atoms with Gasteiger partial charge in [0.25, 0.3) is 11.8 Å². The Morgan fingerprint density at radius 3 is 1.14 bits per heavy atom. The predicted molar refractivity (Wildman–Crippen MR) is 336 cm³/mol. The fourth-order valence-corrected chi connectivity index (χ4v) is 12.8. The molecule has 0 bridgehead atoms. The molecule has 0 aliphatic carbocycles. The largest absolute Gasteiger partial charge is 0.457 e. The molecule has 6 heterocycles. The van der Waals surface area contributed by atoms with Crippen LogP contribution in [0.3, 0.4) is 0 Å². The number of carbonyl (C=O) groups excluding carboxylic acids is 4. The van der Waals surface area contributed by atoms with Crippen LogP contribution in [0, 0.1) is 25.7 Å². The van der Waals surface area contributed by atoms with Gasteiger partial charge < -0.3 is 28.7 Å². The highest BCUT2D eigenvalue weighted by Gasteiger charge is 2.32. The van der Waals surface area contributed by atoms with Gasteiger partial charge in [-0.05, 0) is 235 Å². The van der Waals surface area contributed by atoms with Gasteiger partial charge in [0.05, 0.1) is 34.4 Å². The van der Waals surface area contributed by atoms with Crippen molar-refractivity contribution >= 4 is 45.2 Å². The van der Waals surface area contributed by atoms with Crippen LogP contribution in [0.25, 0.3) is 21.8 Å². The molecule has 4 aliphatic heterocycles. The Balaban J connectivity index is 0.000000188. The lowest BCUT2D eigenvalue weighted by atomic mass is 9.96. The van der Waals surface area contributed by atoms with Gasteiger partial charge in [-0.15, -0.1) is 0 Å². The van der Waals surface area contributed by atoms with E-state index in [2.05, 4.69) is 0 Å². The number of ketones is 2. The Labute approximate surface area is 530 Å². The van der Waals surface area contributed by atoms with E-state index in [1.165, 1.54) is 37.1 Å². The summed E-state index contributed by atoms with van der Waals surface area (Å²) in [6.45, 7) is 9.61. The van der Waals surface area contributed by atoms with E-state index in [1.54, 1.807) is 48.5 Å². The SMILES string of the molecule is Cc1c(C(=O)CCC2CCCCO2)ccc2nn(CC3CCN(C(=O)c4ccc(Oc5ccc(C(F)(F)F)cc5)cc4)CC3)cc12.Cc1c(C(=O)CC[C@@H]2CCCCO2)ccc2nn(CC3CCN(C(=O)c4ccc(Oc5ccc(C(F)(F)F)cc5)cc4)CC3)cc12. The van der Waals surface area contributed by atoms with Crippen LogP contribution in [0.5, 0.6) is 23.0 Å². The Bertz CT molecular complexity index is 3590. The quantitative estimate of drug-likeness (QED) is 0.0601. The molecule has 6 aromatic carbocycles. The zero-order valence-corrected chi connectivity index (χ0v) is 51.8. The van der Waals surface area contributed by atoms with Gasteiger partial charge in [-0.2, -0.15) is 36.5 Å². The van der Waals surface area contributed by atoms with Crippen molar-refractivity contribution in [1.82, 2.24) is 29.4 Å². The summed E-state index contributed by atoms with van der Waals surface area (Å²) in [6.07, 6.45) is 8.17. The molecule has 0 spiro atoms. The van der Waals surface area contributed by atoms with Crippen molar-refractivity contribution in [2.24, 2.45) is 11.8 Å². The van der Waals surface area contributed by atoms with Crippen LogP contribution in [0.2, 0.25) is 0 Å². The minimum absolute atomic E-state index is 0.0628. The number of aromatic nitrogens is 4. The molecule has 12 rings (SSSR count). The first kappa shape index (κ1) is 65.1. The number of Topliss-reactive ketones (excluding diaryl/α,β-unsaturated/α-hetero) is 2. The van der Waals surface area contributed by atoms with Crippen LogP contribution in [-0.2, 0) is 34.9 Å². The zero-order chi connectivity index (χ0) is 64.5. The molecule has 4 saturated heterocycles. The van der Waals surface area contributed by atoms with E-state index < -0.39 is 23.5 Å². The van der Waals surface area contributed by atoms with Gasteiger partial charge in [0.2, 0.25) is 0 Å². The number of rotatable bonds is 18. The first-order valence-electron chi connectivity index (χ1n) is 32.0. The van der Waals surface area contributed by atoms with Crippen LogP contribution < -0.4 is 9.47 Å². The van der Waals surface area contributed by atoms with E-state index in [9.17, 15) is 45.5 Å². The second-order valence-electron chi connectivity index (χ2n) is 24.7. The molecule has 2 amide bonds. The minimum atomic E-state index is -4.40. The number of benzene rings is 6. The predicted octanol–water partition coefficient (Wildman–Crippen LogP) is 16.5. The fraction of sp³-hybridized carbons (Fsp3) is 0.417. The molecule has 0 N–H and O–H groups in total. The Hall–Kier alpha value is -8.36. The molecule has 14 nitrogen and oxygen atoms in total. The van der Waals surface area contributed by atoms with Gasteiger partial charge >= 0.3 is 12.4 Å². The monoisotopic (exact) mass is 1270 g/mol. The first-order chi connectivity index (χ1) is 44.3. The minimum Gasteiger partial charge on any atom is -0.457 e. The molecular formula is C72H76F6N6O8. The number of hydrogen-bond donors (Lipinski definition) is 0. The van der Waals surface area contributed by atoms with Gasteiger partial charge in [0.15, 0.2) is 11.6 Å². The molecule has 8 aromatic rings. The summed E-state index contributed by atoms with van der Waals surface area (Å²) in [5, 5.41) is 11.6. The summed E-state index contributed by atoms with van der Waals surface area (Å²) in [7, 11) is 0. The summed E-state index contributed by atoms with van der Waals surface area (Å²) in [5.74, 6) is 2.35. The number of aryl methyl sites for hydroxylation is 2. The summed E-state index contributed by atoms with van der Waals surface area (Å²) >= 11 is 0. The maximum Gasteiger partial charge on any atom is 0.416 e. The number of nitrogens with zero attached hydrogens (tertiary/aromatic N) is 6. The van der Waals surface area contributed by atoms with Crippen LogP contribution in [-0.4, -0.2) is 104 Å². The molecule has 0 saturated carbocycles. The summed E-state index contributed by atoms with van der Waals surface area (Å²) in [5.41, 5.74) is 4.79. The number of amides is 2. The molecule has 484 valence electrons. The number of piperidine rings is 2. The van der Waals surface area contributed by atoms with Gasteiger partial charge in [0.1, 0.15) is 23.0 Å². The Morgan fingerprint density at radius 2 is 0.815 bits per heavy atom. The van der Waals surface area contributed by atoms with Gasteiger partial charge in [0, 0.05) is 111 Å². The van der Waals surface area contributed by atoms with E-state index in [0.717, 1.165) is 159 Å². The molecule has 2 aromatic heterocycles. The molecule has 4 fully saturated rings. The van der Waals surface area contributed by atoms with E-state index >= 15 is 0 Å². The topological polar surface area (TPSA) is 147 Å². The van der Waals surface area contributed by atoms with Crippen molar-refractivity contribution in [2.45, 2.75) is 141 Å². The number of hydrogen-bond acceptors (Lipinski definition) is 10. The van der Waals surface area contributed by atoms with Gasteiger partial charge in [-0.1, -0.05) is 0 Å². The van der Waals surface area contributed by atoms with Crippen LogP contribution in [0.1, 0.15) is 154 Å². The van der Waals surface area contributed by atoms with E-state index in [4.69, 9.17) is 29.1 Å². The molecule has 0 radical (unpaired) electrons. The third-order valence-electron chi connectivity index (χ3n) is 18.3. The lowest BCUT2D eigenvalue weighted by Crippen LogP contribution is -2.39. The normalized spacial score (nSPS) is 17.7. The number of halogens is 6. The molecule has 92 heavy (non-hydrogen) atoms. The average molecular weight is 1270 g/mol. The van der Waals surface area contributed by atoms with Crippen LogP contribution >= 0.6 is 0 Å². The highest BCUT2D eigenvalue weighted by Crippen LogP contribution is 2.35. The fourth-order valence-electron chi connectivity index (χ4n) is 12.8. The first-order valence-corrected chi connectivity index (χ1v) is 32.0. The van der Waals surface area contributed by atoms with Crippen molar-refractivity contribution < 1.29 is 64.5 Å². The Morgan fingerprint density at radius 1 is 0.467 bits per heavy atom. The van der Waals surface area contributed by atoms with Crippen LogP contribution in [0.15, 0.2) is 134 Å². The third-order valence-corrected chi connectivity index (χ3v) is 18.3. The number of likely N-dealkylation sites (tertiary alicyclic amines) is 2.